The number of hydrogen-bond donors (Lipinski definition) is 1. The Labute approximate surface area is 86.0 Å². The molecule has 0 amide bonds. The molecule has 1 heteroatoms. The summed E-state index contributed by atoms with van der Waals surface area (Å²) in [6.07, 6.45) is 12.6. The van der Waals surface area contributed by atoms with Crippen LogP contribution >= 0.6 is 0 Å². The van der Waals surface area contributed by atoms with Gasteiger partial charge in [-0.25, -0.2) is 0 Å². The molecule has 0 aromatic heterocycles. The molecule has 0 aromatic carbocycles. The van der Waals surface area contributed by atoms with Crippen LogP contribution in [0.3, 0.4) is 0 Å². The second-order valence-electron chi connectivity index (χ2n) is 3.74. The lowest BCUT2D eigenvalue weighted by atomic mass is 9.74. The number of rotatable bonds is 3. The highest BCUT2D eigenvalue weighted by Gasteiger charge is 2.26. The van der Waals surface area contributed by atoms with Crippen LogP contribution < -0.4 is 0 Å². The Morgan fingerprint density at radius 2 is 2.29 bits per heavy atom. The van der Waals surface area contributed by atoms with Gasteiger partial charge in [0.1, 0.15) is 0 Å². The highest BCUT2D eigenvalue weighted by molar-refractivity contribution is 5.83. The first-order valence-electron chi connectivity index (χ1n) is 4.86. The van der Waals surface area contributed by atoms with Crippen molar-refractivity contribution >= 4 is 6.21 Å². The second kappa shape index (κ2) is 4.23. The molecular weight excluding hydrogens is 170 g/mol. The topological polar surface area (TPSA) is 23.9 Å². The lowest BCUT2D eigenvalue weighted by Crippen LogP contribution is -2.19. The second-order valence-corrected chi connectivity index (χ2v) is 3.74. The first-order valence-corrected chi connectivity index (χ1v) is 4.86. The van der Waals surface area contributed by atoms with Gasteiger partial charge in [-0.15, -0.1) is 0 Å². The predicted molar refractivity (Wildman–Crippen MR) is 62.7 cm³/mol. The summed E-state index contributed by atoms with van der Waals surface area (Å²) in [4.78, 5) is 0. The molecule has 0 saturated heterocycles. The third-order valence-corrected chi connectivity index (χ3v) is 2.66. The van der Waals surface area contributed by atoms with E-state index in [1.807, 2.05) is 19.1 Å². The molecule has 1 rings (SSSR count). The third kappa shape index (κ3) is 1.77. The summed E-state index contributed by atoms with van der Waals surface area (Å²) in [7, 11) is 0. The van der Waals surface area contributed by atoms with E-state index in [0.29, 0.717) is 0 Å². The van der Waals surface area contributed by atoms with Crippen LogP contribution in [0.5, 0.6) is 0 Å². The number of allylic oxidation sites excluding steroid dienone is 7. The van der Waals surface area contributed by atoms with Gasteiger partial charge in [0.2, 0.25) is 0 Å². The molecule has 1 nitrogen and oxygen atoms in total. The minimum Gasteiger partial charge on any atom is -0.308 e. The van der Waals surface area contributed by atoms with E-state index in [9.17, 15) is 0 Å². The largest absolute Gasteiger partial charge is 0.308 e. The van der Waals surface area contributed by atoms with Crippen LogP contribution in [-0.2, 0) is 0 Å². The zero-order valence-corrected chi connectivity index (χ0v) is 8.88. The maximum atomic E-state index is 7.33. The fourth-order valence-corrected chi connectivity index (χ4v) is 1.96. The highest BCUT2D eigenvalue weighted by atomic mass is 14.4. The molecule has 1 aliphatic rings. The molecule has 0 aromatic rings. The summed E-state index contributed by atoms with van der Waals surface area (Å²) in [5, 5.41) is 7.33. The zero-order chi connectivity index (χ0) is 10.6. The van der Waals surface area contributed by atoms with E-state index in [0.717, 1.165) is 17.6 Å². The molecule has 1 unspecified atom stereocenters. The van der Waals surface area contributed by atoms with Crippen molar-refractivity contribution in [3.63, 3.8) is 0 Å². The van der Waals surface area contributed by atoms with Gasteiger partial charge < -0.3 is 5.41 Å². The molecule has 1 atom stereocenters. The van der Waals surface area contributed by atoms with E-state index >= 15 is 0 Å². The fourth-order valence-electron chi connectivity index (χ4n) is 1.96. The van der Waals surface area contributed by atoms with E-state index < -0.39 is 0 Å². The molecule has 0 radical (unpaired) electrons. The van der Waals surface area contributed by atoms with Crippen LogP contribution in [0.4, 0.5) is 0 Å². The molecule has 0 bridgehead atoms. The molecule has 0 saturated carbocycles. The van der Waals surface area contributed by atoms with Crippen molar-refractivity contribution in [1.29, 1.82) is 5.41 Å². The van der Waals surface area contributed by atoms with E-state index in [2.05, 4.69) is 31.7 Å². The zero-order valence-electron chi connectivity index (χ0n) is 8.88. The van der Waals surface area contributed by atoms with Crippen LogP contribution in [0.1, 0.15) is 20.3 Å². The van der Waals surface area contributed by atoms with Crippen molar-refractivity contribution in [1.82, 2.24) is 0 Å². The van der Waals surface area contributed by atoms with Crippen LogP contribution in [0, 0.1) is 10.8 Å². The Kier molecular flexibility index (Phi) is 3.23. The van der Waals surface area contributed by atoms with Gasteiger partial charge in [-0.2, -0.15) is 0 Å². The quantitative estimate of drug-likeness (QED) is 0.515. The lowest BCUT2D eigenvalue weighted by molar-refractivity contribution is 0.527. The highest BCUT2D eigenvalue weighted by Crippen LogP contribution is 2.38. The Hall–Kier alpha value is -1.37. The normalized spacial score (nSPS) is 27.0. The summed E-state index contributed by atoms with van der Waals surface area (Å²) in [6.45, 7) is 8.03. The van der Waals surface area contributed by atoms with Gasteiger partial charge in [-0.3, -0.25) is 0 Å². The monoisotopic (exact) mass is 187 g/mol. The van der Waals surface area contributed by atoms with Crippen molar-refractivity contribution in [3.05, 3.63) is 48.1 Å². The lowest BCUT2D eigenvalue weighted by Gasteiger charge is -2.30. The smallest absolute Gasteiger partial charge is 0.0253 e. The Balaban J connectivity index is 3.24. The van der Waals surface area contributed by atoms with Crippen molar-refractivity contribution in [2.24, 2.45) is 5.41 Å². The standard InChI is InChI=1S/C13H17N/c1-4-8-13(3)9-6-7-11(10-14)12(13)5-2/h4-8,10,14H,2,9H2,1,3H3/b8-4-,14-10?. The Morgan fingerprint density at radius 1 is 1.57 bits per heavy atom. The number of nitrogens with one attached hydrogen (secondary N) is 1. The molecule has 74 valence electrons. The Morgan fingerprint density at radius 3 is 2.79 bits per heavy atom. The van der Waals surface area contributed by atoms with Gasteiger partial charge in [0.05, 0.1) is 0 Å². The fraction of sp³-hybridized carbons (Fsp3) is 0.308. The summed E-state index contributed by atoms with van der Waals surface area (Å²) < 4.78 is 0. The van der Waals surface area contributed by atoms with Crippen LogP contribution in [0.25, 0.3) is 0 Å². The predicted octanol–water partition coefficient (Wildman–Crippen LogP) is 3.66. The summed E-state index contributed by atoms with van der Waals surface area (Å²) in [5.41, 5.74) is 2.12. The van der Waals surface area contributed by atoms with E-state index in [1.165, 1.54) is 6.21 Å². The SMILES string of the molecule is C=CC1=C(C=N)C=CCC1(C)/C=C\C. The maximum absolute atomic E-state index is 7.33. The van der Waals surface area contributed by atoms with Crippen molar-refractivity contribution in [3.8, 4) is 0 Å². The number of hydrogen-bond acceptors (Lipinski definition) is 1. The minimum atomic E-state index is 0.0120. The van der Waals surface area contributed by atoms with Gasteiger partial charge in [0, 0.05) is 11.6 Å². The van der Waals surface area contributed by atoms with Gasteiger partial charge in [-0.05, 0) is 24.5 Å². The molecule has 0 spiro atoms. The third-order valence-electron chi connectivity index (χ3n) is 2.66. The van der Waals surface area contributed by atoms with Crippen molar-refractivity contribution in [2.45, 2.75) is 20.3 Å². The van der Waals surface area contributed by atoms with Gasteiger partial charge in [0.15, 0.2) is 0 Å². The molecule has 0 fully saturated rings. The van der Waals surface area contributed by atoms with Gasteiger partial charge in [-0.1, -0.05) is 43.9 Å². The van der Waals surface area contributed by atoms with Crippen molar-refractivity contribution in [2.75, 3.05) is 0 Å². The van der Waals surface area contributed by atoms with Crippen molar-refractivity contribution < 1.29 is 0 Å². The molecule has 1 aliphatic carbocycles. The Bertz CT molecular complexity index is 331. The van der Waals surface area contributed by atoms with Crippen LogP contribution in [0.2, 0.25) is 0 Å². The minimum absolute atomic E-state index is 0.0120. The summed E-state index contributed by atoms with van der Waals surface area (Å²) in [5.74, 6) is 0. The summed E-state index contributed by atoms with van der Waals surface area (Å²) in [6, 6.07) is 0. The van der Waals surface area contributed by atoms with E-state index in [1.54, 1.807) is 0 Å². The first-order chi connectivity index (χ1) is 6.68. The van der Waals surface area contributed by atoms with Crippen LogP contribution in [0.15, 0.2) is 48.1 Å². The first kappa shape index (κ1) is 10.7. The average Bonchev–Trinajstić information content (AvgIpc) is 2.17. The average molecular weight is 187 g/mol. The van der Waals surface area contributed by atoms with Crippen LogP contribution in [-0.4, -0.2) is 6.21 Å². The molecule has 14 heavy (non-hydrogen) atoms. The van der Waals surface area contributed by atoms with E-state index in [4.69, 9.17) is 5.41 Å². The van der Waals surface area contributed by atoms with E-state index in [-0.39, 0.29) is 5.41 Å². The maximum Gasteiger partial charge on any atom is 0.0253 e. The summed E-state index contributed by atoms with van der Waals surface area (Å²) >= 11 is 0. The molecule has 0 aliphatic heterocycles. The molecule has 1 N–H and O–H groups in total. The van der Waals surface area contributed by atoms with Gasteiger partial charge >= 0.3 is 0 Å². The molecule has 0 heterocycles. The molecular formula is C13H17N. The van der Waals surface area contributed by atoms with Gasteiger partial charge in [0.25, 0.3) is 0 Å².